The molecule has 0 amide bonds. The van der Waals surface area contributed by atoms with Crippen LogP contribution in [-0.2, 0) is 36.7 Å². The molecule has 34 heavy (non-hydrogen) atoms. The monoisotopic (exact) mass is 575 g/mol. The zero-order chi connectivity index (χ0) is 26.7. The smallest absolute Gasteiger partial charge is 0.636 e. The first-order chi connectivity index (χ1) is 15.4. The van der Waals surface area contributed by atoms with Crippen molar-refractivity contribution in [3.8, 4) is 0 Å². The molecule has 0 aliphatic carbocycles. The highest BCUT2D eigenvalue weighted by molar-refractivity contribution is 6.69. The molecule has 0 aromatic heterocycles. The van der Waals surface area contributed by atoms with Gasteiger partial charge in [-0.3, -0.25) is 0 Å². The van der Waals surface area contributed by atoms with Gasteiger partial charge in [0.2, 0.25) is 9.76 Å². The van der Waals surface area contributed by atoms with Crippen LogP contribution in [0.25, 0.3) is 0 Å². The molecule has 0 saturated carbocycles. The van der Waals surface area contributed by atoms with Crippen LogP contribution in [0.15, 0.2) is 0 Å². The fraction of sp³-hybridized carbons (Fsp3) is 1.00. The molecule has 202 valence electrons. The van der Waals surface area contributed by atoms with Gasteiger partial charge < -0.3 is 46.3 Å². The van der Waals surface area contributed by atoms with Gasteiger partial charge in [-0.15, -0.1) is 0 Å². The minimum absolute atomic E-state index is 0.0155. The summed E-state index contributed by atoms with van der Waals surface area (Å²) >= 11 is -3.15. The molecule has 0 aliphatic rings. The predicted octanol–water partition coefficient (Wildman–Crippen LogP) is 2.45. The fourth-order valence-electron chi connectivity index (χ4n) is 2.19. The van der Waals surface area contributed by atoms with Crippen LogP contribution in [-0.4, -0.2) is 92.6 Å². The van der Waals surface area contributed by atoms with Crippen LogP contribution in [0.2, 0.25) is 5.54 Å². The zero-order valence-corrected chi connectivity index (χ0v) is 27.8. The van der Waals surface area contributed by atoms with Gasteiger partial charge in [0.15, 0.2) is 0 Å². The van der Waals surface area contributed by atoms with Crippen molar-refractivity contribution in [2.24, 2.45) is 0 Å². The lowest BCUT2D eigenvalue weighted by Gasteiger charge is -2.40. The standard InChI is InChI=1S/C9H22O6Si3.C6H15O4Si.C3H7O.Al/c1-7(2)12-18(11,13-8(3)4)15-17(10)14-16-9(5)6;1-5(2)9-11(7,8)10-6(3)4;1-3(2)4;/h7-9,11H,1-6H3;5-7H,1-4H3;3H,1-2H3;/q3*-1;+2. The first-order valence-corrected chi connectivity index (χ1v) is 18.6. The van der Waals surface area contributed by atoms with Crippen LogP contribution in [0.1, 0.15) is 83.1 Å². The second-order valence-corrected chi connectivity index (χ2v) is 18.4. The van der Waals surface area contributed by atoms with E-state index in [2.05, 4.69) is 0 Å². The summed E-state index contributed by atoms with van der Waals surface area (Å²) in [5.74, 6) is 0. The summed E-state index contributed by atoms with van der Waals surface area (Å²) in [6.45, 7) is 21.6. The molecule has 11 nitrogen and oxygen atoms in total. The Labute approximate surface area is 217 Å². The fourth-order valence-corrected chi connectivity index (χ4v) is 12.6. The largest absolute Gasteiger partial charge is 0.669 e. The molecular formula is C18H44AlO11Si4-. The first kappa shape index (κ1) is 35.0. The van der Waals surface area contributed by atoms with Gasteiger partial charge >= 0.3 is 42.8 Å². The molecule has 2 N–H and O–H groups in total. The van der Waals surface area contributed by atoms with E-state index in [0.29, 0.717) is 0 Å². The average Bonchev–Trinajstić information content (AvgIpc) is 2.54. The van der Waals surface area contributed by atoms with E-state index in [4.69, 9.17) is 36.7 Å². The van der Waals surface area contributed by atoms with Gasteiger partial charge in [0.25, 0.3) is 0 Å². The molecule has 0 bridgehead atoms. The molecule has 0 fully saturated rings. The lowest BCUT2D eigenvalue weighted by Crippen LogP contribution is -2.58. The maximum absolute atomic E-state index is 11.0. The molecule has 0 spiro atoms. The van der Waals surface area contributed by atoms with Crippen molar-refractivity contribution in [2.45, 2.75) is 119 Å². The lowest BCUT2D eigenvalue weighted by atomic mass is 10.5. The predicted molar refractivity (Wildman–Crippen MR) is 134 cm³/mol. The molecule has 0 saturated heterocycles. The zero-order valence-electron chi connectivity index (χ0n) is 22.6. The van der Waals surface area contributed by atoms with E-state index in [1.807, 2.05) is 13.8 Å². The Bertz CT molecular complexity index is 524. The van der Waals surface area contributed by atoms with E-state index in [-0.39, 0.29) is 45.8 Å². The third-order valence-corrected chi connectivity index (χ3v) is 13.6. The first-order valence-electron chi connectivity index (χ1n) is 11.6. The minimum Gasteiger partial charge on any atom is -0.636 e. The van der Waals surface area contributed by atoms with Gasteiger partial charge in [0.05, 0.1) is 0 Å². The molecule has 0 aliphatic heterocycles. The summed E-state index contributed by atoms with van der Waals surface area (Å²) in [4.78, 5) is 22.1. The highest BCUT2D eigenvalue weighted by Gasteiger charge is 2.49. The lowest BCUT2D eigenvalue weighted by molar-refractivity contribution is -0.0294. The maximum atomic E-state index is 11.0. The number of rotatable bonds is 19. The third kappa shape index (κ3) is 17.4. The Kier molecular flexibility index (Phi) is 17.2. The highest BCUT2D eigenvalue weighted by atomic mass is 28.5. The Morgan fingerprint density at radius 2 is 1.06 bits per heavy atom. The summed E-state index contributed by atoms with van der Waals surface area (Å²) in [5.41, 5.74) is 0.186. The van der Waals surface area contributed by atoms with Gasteiger partial charge in [-0.2, -0.15) is 0 Å². The van der Waals surface area contributed by atoms with Crippen LogP contribution >= 0.6 is 0 Å². The second-order valence-electron chi connectivity index (χ2n) is 9.15. The summed E-state index contributed by atoms with van der Waals surface area (Å²) in [7, 11) is -10.9. The third-order valence-electron chi connectivity index (χ3n) is 2.95. The van der Waals surface area contributed by atoms with Crippen LogP contribution < -0.4 is 0 Å². The van der Waals surface area contributed by atoms with Gasteiger partial charge in [-0.1, -0.05) is 13.8 Å². The quantitative estimate of drug-likeness (QED) is 0.221. The normalized spacial score (nSPS) is 13.9. The number of hydrogen-bond acceptors (Lipinski definition) is 11. The van der Waals surface area contributed by atoms with Crippen LogP contribution in [0, 0.1) is 0 Å². The second kappa shape index (κ2) is 16.7. The van der Waals surface area contributed by atoms with Crippen LogP contribution in [0.3, 0.4) is 0 Å². The van der Waals surface area contributed by atoms with E-state index < -0.39 is 42.8 Å². The van der Waals surface area contributed by atoms with Crippen LogP contribution in [0.4, 0.5) is 0 Å². The van der Waals surface area contributed by atoms with Crippen molar-refractivity contribution in [1.29, 1.82) is 0 Å². The Balaban J connectivity index is 5.87. The van der Waals surface area contributed by atoms with E-state index in [0.717, 1.165) is 0 Å². The van der Waals surface area contributed by atoms with E-state index >= 15 is 0 Å². The summed E-state index contributed by atoms with van der Waals surface area (Å²) < 4.78 is 51.9. The maximum Gasteiger partial charge on any atom is 0.669 e. The summed E-state index contributed by atoms with van der Waals surface area (Å²) in [6.07, 6.45) is -1.74. The molecule has 0 aromatic rings. The summed E-state index contributed by atoms with van der Waals surface area (Å²) in [5, 5.41) is 0. The van der Waals surface area contributed by atoms with E-state index in [9.17, 15) is 9.59 Å². The van der Waals surface area contributed by atoms with E-state index in [1.165, 1.54) is 0 Å². The highest BCUT2D eigenvalue weighted by Crippen LogP contribution is 2.19. The van der Waals surface area contributed by atoms with Crippen molar-refractivity contribution in [2.75, 3.05) is 0 Å². The minimum atomic E-state index is -4.13. The Morgan fingerprint density at radius 1 is 0.647 bits per heavy atom. The number of hydrogen-bond donors (Lipinski definition) is 2. The Morgan fingerprint density at radius 3 is 1.41 bits per heavy atom. The van der Waals surface area contributed by atoms with E-state index in [1.54, 1.807) is 69.2 Å². The molecule has 0 aromatic carbocycles. The topological polar surface area (TPSA) is 124 Å². The van der Waals surface area contributed by atoms with Crippen molar-refractivity contribution >= 4 is 52.5 Å². The van der Waals surface area contributed by atoms with Crippen molar-refractivity contribution in [1.82, 2.24) is 0 Å². The molecular weight excluding hydrogens is 532 g/mol. The van der Waals surface area contributed by atoms with Gasteiger partial charge in [-0.05, 0) is 80.9 Å². The average molecular weight is 576 g/mol. The van der Waals surface area contributed by atoms with Crippen LogP contribution in [0.5, 0.6) is 0 Å². The molecule has 0 heterocycles. The van der Waals surface area contributed by atoms with Gasteiger partial charge in [-0.25, -0.2) is 0 Å². The Hall–Kier alpha value is 0.960. The van der Waals surface area contributed by atoms with Gasteiger partial charge in [0.1, 0.15) is 0 Å². The SMILES string of the molecule is CC(C)[O][Al-]([O][Si](O[Si]C(C)C)O[Si](O)(OC(C)C)OC(C)C)[O][Si](O)(OC(C)C)OC(C)C. The van der Waals surface area contributed by atoms with Crippen molar-refractivity contribution in [3.05, 3.63) is 0 Å². The van der Waals surface area contributed by atoms with Crippen molar-refractivity contribution in [3.63, 3.8) is 0 Å². The molecule has 16 heteroatoms. The molecule has 4 radical (unpaired) electrons. The summed E-state index contributed by atoms with van der Waals surface area (Å²) in [6, 6.07) is 0. The van der Waals surface area contributed by atoms with Crippen molar-refractivity contribution < 1.29 is 46.3 Å². The molecule has 0 unspecified atom stereocenters. The van der Waals surface area contributed by atoms with Gasteiger partial charge in [0, 0.05) is 24.4 Å². The molecule has 0 atom stereocenters. The molecule has 0 rings (SSSR count).